The first kappa shape index (κ1) is 14.3. The van der Waals surface area contributed by atoms with Gasteiger partial charge in [-0.25, -0.2) is 0 Å². The number of carbonyl (C=O) groups excluding carboxylic acids is 2. The Morgan fingerprint density at radius 2 is 1.95 bits per heavy atom. The second kappa shape index (κ2) is 4.96. The van der Waals surface area contributed by atoms with Gasteiger partial charge in [0.2, 0.25) is 0 Å². The highest BCUT2D eigenvalue weighted by atomic mass is 16.3. The first-order valence-electron chi connectivity index (χ1n) is 6.88. The summed E-state index contributed by atoms with van der Waals surface area (Å²) in [4.78, 5) is 24.5. The Kier molecular flexibility index (Phi) is 3.22. The van der Waals surface area contributed by atoms with Crippen LogP contribution in [0.2, 0.25) is 0 Å². The number of amides is 1. The Morgan fingerprint density at radius 3 is 2.68 bits per heavy atom. The number of hydrogen-bond donors (Lipinski definition) is 3. The Morgan fingerprint density at radius 1 is 1.23 bits per heavy atom. The molecular formula is C17H15NO4. The summed E-state index contributed by atoms with van der Waals surface area (Å²) in [5.74, 6) is -1.29. The Bertz CT molecular complexity index is 784. The number of aryl methyl sites for hydroxylation is 1. The molecule has 0 radical (unpaired) electrons. The van der Waals surface area contributed by atoms with Gasteiger partial charge in [0.15, 0.2) is 11.4 Å². The van der Waals surface area contributed by atoms with Crippen molar-refractivity contribution >= 4 is 17.4 Å². The fraction of sp³-hybridized carbons (Fsp3) is 0.176. The molecule has 22 heavy (non-hydrogen) atoms. The van der Waals surface area contributed by atoms with Crippen LogP contribution in [0.1, 0.15) is 27.9 Å². The molecule has 1 atom stereocenters. The number of aliphatic hydroxyl groups is 1. The molecule has 0 aromatic heterocycles. The summed E-state index contributed by atoms with van der Waals surface area (Å²) in [5.41, 5.74) is -0.0567. The fourth-order valence-electron chi connectivity index (χ4n) is 2.67. The van der Waals surface area contributed by atoms with Crippen LogP contribution in [0, 0.1) is 6.92 Å². The van der Waals surface area contributed by atoms with Gasteiger partial charge in [0.25, 0.3) is 5.91 Å². The summed E-state index contributed by atoms with van der Waals surface area (Å²) in [5, 5.41) is 23.1. The third kappa shape index (κ3) is 2.16. The topological polar surface area (TPSA) is 86.6 Å². The molecule has 5 heteroatoms. The van der Waals surface area contributed by atoms with Gasteiger partial charge in [-0.1, -0.05) is 29.8 Å². The van der Waals surface area contributed by atoms with Crippen molar-refractivity contribution in [2.75, 3.05) is 5.32 Å². The van der Waals surface area contributed by atoms with Gasteiger partial charge in [-0.15, -0.1) is 0 Å². The molecule has 3 rings (SSSR count). The molecule has 0 saturated carbocycles. The summed E-state index contributed by atoms with van der Waals surface area (Å²) in [7, 11) is 0. The maximum atomic E-state index is 12.4. The lowest BCUT2D eigenvalue weighted by Gasteiger charge is -2.20. The third-order valence-corrected chi connectivity index (χ3v) is 3.87. The van der Waals surface area contributed by atoms with Gasteiger partial charge in [-0.05, 0) is 25.1 Å². The number of phenolic OH excluding ortho intramolecular Hbond substituents is 1. The predicted octanol–water partition coefficient (Wildman–Crippen LogP) is 2.11. The quantitative estimate of drug-likeness (QED) is 0.757. The summed E-state index contributed by atoms with van der Waals surface area (Å²) in [6.07, 6.45) is -0.424. The molecule has 1 aliphatic rings. The van der Waals surface area contributed by atoms with E-state index in [0.717, 1.165) is 5.56 Å². The van der Waals surface area contributed by atoms with Crippen LogP contribution >= 0.6 is 0 Å². The largest absolute Gasteiger partial charge is 0.507 e. The smallest absolute Gasteiger partial charge is 0.261 e. The van der Waals surface area contributed by atoms with Crippen molar-refractivity contribution in [3.05, 3.63) is 59.2 Å². The number of nitrogens with one attached hydrogen (secondary N) is 1. The van der Waals surface area contributed by atoms with E-state index in [1.807, 2.05) is 13.0 Å². The molecule has 2 aromatic carbocycles. The van der Waals surface area contributed by atoms with Crippen molar-refractivity contribution in [3.8, 4) is 5.75 Å². The lowest BCUT2D eigenvalue weighted by atomic mass is 9.87. The molecule has 0 fully saturated rings. The van der Waals surface area contributed by atoms with Crippen LogP contribution in [-0.4, -0.2) is 21.9 Å². The second-order valence-corrected chi connectivity index (χ2v) is 5.48. The number of ketones is 1. The van der Waals surface area contributed by atoms with E-state index < -0.39 is 23.7 Å². The molecule has 1 heterocycles. The molecule has 0 saturated heterocycles. The van der Waals surface area contributed by atoms with Crippen molar-refractivity contribution in [2.24, 2.45) is 0 Å². The first-order chi connectivity index (χ1) is 10.4. The molecule has 1 amide bonds. The highest BCUT2D eigenvalue weighted by Crippen LogP contribution is 2.40. The number of rotatable bonds is 3. The normalized spacial score (nSPS) is 19.6. The maximum Gasteiger partial charge on any atom is 0.261 e. The molecule has 1 aliphatic heterocycles. The zero-order valence-corrected chi connectivity index (χ0v) is 12.0. The number of anilines is 1. The molecule has 2 aromatic rings. The summed E-state index contributed by atoms with van der Waals surface area (Å²) in [6, 6.07) is 11.3. The van der Waals surface area contributed by atoms with Crippen LogP contribution in [0.5, 0.6) is 5.75 Å². The molecule has 0 spiro atoms. The minimum Gasteiger partial charge on any atom is -0.507 e. The van der Waals surface area contributed by atoms with Gasteiger partial charge in [-0.2, -0.15) is 0 Å². The molecule has 3 N–H and O–H groups in total. The monoisotopic (exact) mass is 297 g/mol. The highest BCUT2D eigenvalue weighted by Gasteiger charge is 2.47. The van der Waals surface area contributed by atoms with Gasteiger partial charge < -0.3 is 15.5 Å². The van der Waals surface area contributed by atoms with E-state index in [9.17, 15) is 19.8 Å². The van der Waals surface area contributed by atoms with Crippen molar-refractivity contribution < 1.29 is 19.8 Å². The number of carbonyl (C=O) groups is 2. The minimum atomic E-state index is -1.92. The number of hydrogen-bond acceptors (Lipinski definition) is 4. The summed E-state index contributed by atoms with van der Waals surface area (Å²) >= 11 is 0. The van der Waals surface area contributed by atoms with Crippen molar-refractivity contribution in [1.82, 2.24) is 0 Å². The number of phenols is 1. The Hall–Kier alpha value is -2.66. The van der Waals surface area contributed by atoms with Gasteiger partial charge in [0, 0.05) is 11.3 Å². The van der Waals surface area contributed by atoms with E-state index in [2.05, 4.69) is 5.32 Å². The van der Waals surface area contributed by atoms with Gasteiger partial charge in [0.1, 0.15) is 5.75 Å². The number of benzene rings is 2. The lowest BCUT2D eigenvalue weighted by molar-refractivity contribution is -0.133. The van der Waals surface area contributed by atoms with E-state index in [0.29, 0.717) is 11.3 Å². The molecule has 112 valence electrons. The minimum absolute atomic E-state index is 0.0878. The third-order valence-electron chi connectivity index (χ3n) is 3.87. The van der Waals surface area contributed by atoms with Crippen LogP contribution in [0.15, 0.2) is 42.5 Å². The van der Waals surface area contributed by atoms with E-state index in [4.69, 9.17) is 0 Å². The van der Waals surface area contributed by atoms with Gasteiger partial charge in [-0.3, -0.25) is 9.59 Å². The average Bonchev–Trinajstić information content (AvgIpc) is 2.71. The average molecular weight is 297 g/mol. The number of Topliss-reactive ketones (excluding diaryl/α,β-unsaturated/α-hetero) is 1. The molecule has 1 unspecified atom stereocenters. The van der Waals surface area contributed by atoms with E-state index in [-0.39, 0.29) is 11.3 Å². The zero-order valence-electron chi connectivity index (χ0n) is 12.0. The molecule has 5 nitrogen and oxygen atoms in total. The van der Waals surface area contributed by atoms with Crippen LogP contribution in [0.3, 0.4) is 0 Å². The standard InChI is InChI=1S/C17H15NO4/c1-10-6-7-13-12(8-10)17(22,16(21)18-13)9-15(20)11-4-2-3-5-14(11)19/h2-8,19,22H,9H2,1H3,(H,18,21). The van der Waals surface area contributed by atoms with Crippen LogP contribution in [0.25, 0.3) is 0 Å². The predicted molar refractivity (Wildman–Crippen MR) is 80.8 cm³/mol. The SMILES string of the molecule is Cc1ccc2c(c1)C(O)(CC(=O)c1ccccc1O)C(=O)N2. The van der Waals surface area contributed by atoms with Crippen LogP contribution in [0.4, 0.5) is 5.69 Å². The molecular weight excluding hydrogens is 282 g/mol. The first-order valence-corrected chi connectivity index (χ1v) is 6.88. The van der Waals surface area contributed by atoms with Crippen LogP contribution < -0.4 is 5.32 Å². The van der Waals surface area contributed by atoms with Gasteiger partial charge >= 0.3 is 0 Å². The van der Waals surface area contributed by atoms with E-state index >= 15 is 0 Å². The van der Waals surface area contributed by atoms with Crippen molar-refractivity contribution in [3.63, 3.8) is 0 Å². The highest BCUT2D eigenvalue weighted by molar-refractivity contribution is 6.10. The molecule has 0 bridgehead atoms. The van der Waals surface area contributed by atoms with Crippen molar-refractivity contribution in [2.45, 2.75) is 18.9 Å². The number of aromatic hydroxyl groups is 1. The lowest BCUT2D eigenvalue weighted by Crippen LogP contribution is -2.36. The van der Waals surface area contributed by atoms with Crippen molar-refractivity contribution in [1.29, 1.82) is 0 Å². The van der Waals surface area contributed by atoms with E-state index in [1.165, 1.54) is 12.1 Å². The van der Waals surface area contributed by atoms with Crippen LogP contribution in [-0.2, 0) is 10.4 Å². The number of fused-ring (bicyclic) bond motifs is 1. The summed E-state index contributed by atoms with van der Waals surface area (Å²) < 4.78 is 0. The Labute approximate surface area is 127 Å². The Balaban J connectivity index is 1.98. The number of para-hydroxylation sites is 1. The fourth-order valence-corrected chi connectivity index (χ4v) is 2.67. The maximum absolute atomic E-state index is 12.4. The molecule has 0 aliphatic carbocycles. The second-order valence-electron chi connectivity index (χ2n) is 5.48. The zero-order chi connectivity index (χ0) is 15.9. The summed E-state index contributed by atoms with van der Waals surface area (Å²) in [6.45, 7) is 1.84. The van der Waals surface area contributed by atoms with E-state index in [1.54, 1.807) is 24.3 Å². The van der Waals surface area contributed by atoms with Gasteiger partial charge in [0.05, 0.1) is 12.0 Å².